The number of anilines is 1. The van der Waals surface area contributed by atoms with E-state index in [1.54, 1.807) is 24.3 Å². The third-order valence-electron chi connectivity index (χ3n) is 2.64. The van der Waals surface area contributed by atoms with E-state index in [0.717, 1.165) is 0 Å². The summed E-state index contributed by atoms with van der Waals surface area (Å²) in [6.45, 7) is 4.57. The van der Waals surface area contributed by atoms with Crippen LogP contribution in [-0.2, 0) is 0 Å². The maximum absolute atomic E-state index is 12.1. The molecule has 0 aliphatic carbocycles. The predicted molar refractivity (Wildman–Crippen MR) is 75.7 cm³/mol. The smallest absolute Gasteiger partial charge is 0.297 e. The Morgan fingerprint density at radius 1 is 1.24 bits per heavy atom. The van der Waals surface area contributed by atoms with Gasteiger partial charge in [0.25, 0.3) is 17.6 Å². The summed E-state index contributed by atoms with van der Waals surface area (Å²) in [6.07, 6.45) is 0. The van der Waals surface area contributed by atoms with Crippen molar-refractivity contribution in [2.45, 2.75) is 13.8 Å². The Hall–Kier alpha value is -2.77. The first kappa shape index (κ1) is 14.6. The van der Waals surface area contributed by atoms with Crippen LogP contribution in [0.2, 0.25) is 0 Å². The van der Waals surface area contributed by atoms with Gasteiger partial charge in [-0.15, -0.1) is 10.2 Å². The van der Waals surface area contributed by atoms with Gasteiger partial charge in [-0.25, -0.2) is 0 Å². The number of nitrogens with one attached hydrogen (secondary N) is 3. The highest BCUT2D eigenvalue weighted by Gasteiger charge is 2.16. The number of hydrogen-bond acceptors (Lipinski definition) is 5. The van der Waals surface area contributed by atoms with Crippen molar-refractivity contribution >= 4 is 17.5 Å². The van der Waals surface area contributed by atoms with Crippen molar-refractivity contribution in [3.63, 3.8) is 0 Å². The Morgan fingerprint density at radius 2 is 2.00 bits per heavy atom. The van der Waals surface area contributed by atoms with Gasteiger partial charge in [-0.2, -0.15) is 5.21 Å². The summed E-state index contributed by atoms with van der Waals surface area (Å²) < 4.78 is 0. The lowest BCUT2D eigenvalue weighted by atomic mass is 10.1. The number of nitrogens with zero attached hydrogens (tertiary/aromatic N) is 3. The lowest BCUT2D eigenvalue weighted by molar-refractivity contribution is 0.0950. The quantitative estimate of drug-likeness (QED) is 0.754. The van der Waals surface area contributed by atoms with Crippen molar-refractivity contribution in [3.05, 3.63) is 35.7 Å². The topological polar surface area (TPSA) is 113 Å². The SMILES string of the molecule is CC(C)CNC(=O)c1ccccc1NC(=O)c1nn[nH]n1. The van der Waals surface area contributed by atoms with Gasteiger partial charge in [-0.05, 0) is 23.3 Å². The minimum atomic E-state index is -0.534. The monoisotopic (exact) mass is 288 g/mol. The highest BCUT2D eigenvalue weighted by molar-refractivity contribution is 6.07. The third kappa shape index (κ3) is 3.85. The van der Waals surface area contributed by atoms with Gasteiger partial charge in [0.1, 0.15) is 0 Å². The van der Waals surface area contributed by atoms with Crippen molar-refractivity contribution < 1.29 is 9.59 Å². The third-order valence-corrected chi connectivity index (χ3v) is 2.64. The Balaban J connectivity index is 2.13. The fourth-order valence-electron chi connectivity index (χ4n) is 1.62. The maximum Gasteiger partial charge on any atom is 0.297 e. The van der Waals surface area contributed by atoms with Crippen LogP contribution >= 0.6 is 0 Å². The summed E-state index contributed by atoms with van der Waals surface area (Å²) >= 11 is 0. The van der Waals surface area contributed by atoms with Crippen LogP contribution in [0.15, 0.2) is 24.3 Å². The second-order valence-electron chi connectivity index (χ2n) is 4.84. The molecule has 8 nitrogen and oxygen atoms in total. The molecule has 1 heterocycles. The van der Waals surface area contributed by atoms with Crippen molar-refractivity contribution in [3.8, 4) is 0 Å². The second-order valence-corrected chi connectivity index (χ2v) is 4.84. The van der Waals surface area contributed by atoms with Gasteiger partial charge in [0.05, 0.1) is 11.3 Å². The number of benzene rings is 1. The van der Waals surface area contributed by atoms with Crippen LogP contribution in [0.5, 0.6) is 0 Å². The highest BCUT2D eigenvalue weighted by atomic mass is 16.2. The van der Waals surface area contributed by atoms with E-state index in [9.17, 15) is 9.59 Å². The van der Waals surface area contributed by atoms with Crippen LogP contribution in [0.4, 0.5) is 5.69 Å². The minimum Gasteiger partial charge on any atom is -0.352 e. The molecule has 2 aromatic rings. The molecule has 0 spiro atoms. The van der Waals surface area contributed by atoms with Crippen molar-refractivity contribution in [1.82, 2.24) is 25.9 Å². The molecule has 8 heteroatoms. The number of aromatic amines is 1. The Kier molecular flexibility index (Phi) is 4.60. The van der Waals surface area contributed by atoms with Crippen LogP contribution in [0, 0.1) is 5.92 Å². The first-order valence-corrected chi connectivity index (χ1v) is 6.50. The summed E-state index contributed by atoms with van der Waals surface area (Å²) in [4.78, 5) is 24.0. The van der Waals surface area contributed by atoms with Gasteiger partial charge in [-0.3, -0.25) is 9.59 Å². The van der Waals surface area contributed by atoms with Gasteiger partial charge < -0.3 is 10.6 Å². The second kappa shape index (κ2) is 6.60. The standard InChI is InChI=1S/C13H16N6O2/c1-8(2)7-14-12(20)9-5-3-4-6-10(9)15-13(21)11-16-18-19-17-11/h3-6,8H,7H2,1-2H3,(H,14,20)(H,15,21)(H,16,17,18,19). The summed E-state index contributed by atoms with van der Waals surface area (Å²) in [5.41, 5.74) is 0.781. The molecule has 3 N–H and O–H groups in total. The summed E-state index contributed by atoms with van der Waals surface area (Å²) in [6, 6.07) is 6.74. The molecule has 0 aliphatic rings. The fraction of sp³-hybridized carbons (Fsp3) is 0.308. The first-order chi connectivity index (χ1) is 10.1. The van der Waals surface area contributed by atoms with Crippen LogP contribution in [0.3, 0.4) is 0 Å². The number of H-pyrrole nitrogens is 1. The van der Waals surface area contributed by atoms with Crippen LogP contribution < -0.4 is 10.6 Å². The molecule has 110 valence electrons. The van der Waals surface area contributed by atoms with E-state index in [4.69, 9.17) is 0 Å². The van der Waals surface area contributed by atoms with Gasteiger partial charge in [0.2, 0.25) is 0 Å². The molecule has 0 aliphatic heterocycles. The number of amides is 2. The minimum absolute atomic E-state index is 0.0904. The molecule has 21 heavy (non-hydrogen) atoms. The molecule has 0 radical (unpaired) electrons. The Bertz CT molecular complexity index is 623. The number of carbonyl (C=O) groups is 2. The molecular weight excluding hydrogens is 272 g/mol. The largest absolute Gasteiger partial charge is 0.352 e. The molecular formula is C13H16N6O2. The summed E-state index contributed by atoms with van der Waals surface area (Å²) in [5, 5.41) is 18.1. The van der Waals surface area contributed by atoms with E-state index >= 15 is 0 Å². The van der Waals surface area contributed by atoms with Crippen LogP contribution in [0.25, 0.3) is 0 Å². The molecule has 0 fully saturated rings. The lowest BCUT2D eigenvalue weighted by Gasteiger charge is -2.11. The van der Waals surface area contributed by atoms with E-state index in [2.05, 4.69) is 31.3 Å². The van der Waals surface area contributed by atoms with E-state index in [1.807, 2.05) is 13.8 Å². The molecule has 1 aromatic carbocycles. The molecule has 0 bridgehead atoms. The van der Waals surface area contributed by atoms with Gasteiger partial charge in [0.15, 0.2) is 0 Å². The number of para-hydroxylation sites is 1. The number of carbonyl (C=O) groups excluding carboxylic acids is 2. The van der Waals surface area contributed by atoms with Crippen molar-refractivity contribution in [2.24, 2.45) is 5.92 Å². The molecule has 1 aromatic heterocycles. The van der Waals surface area contributed by atoms with Gasteiger partial charge in [0, 0.05) is 6.54 Å². The van der Waals surface area contributed by atoms with Crippen molar-refractivity contribution in [2.75, 3.05) is 11.9 Å². The van der Waals surface area contributed by atoms with Crippen molar-refractivity contribution in [1.29, 1.82) is 0 Å². The van der Waals surface area contributed by atoms with E-state index in [-0.39, 0.29) is 11.7 Å². The number of hydrogen-bond donors (Lipinski definition) is 3. The molecule has 2 amide bonds. The van der Waals surface area contributed by atoms with E-state index in [0.29, 0.717) is 23.7 Å². The predicted octanol–water partition coefficient (Wildman–Crippen LogP) is 0.838. The van der Waals surface area contributed by atoms with E-state index < -0.39 is 5.91 Å². The fourth-order valence-corrected chi connectivity index (χ4v) is 1.62. The molecule has 2 rings (SSSR count). The normalized spacial score (nSPS) is 10.4. The first-order valence-electron chi connectivity index (χ1n) is 6.50. The number of aromatic nitrogens is 4. The van der Waals surface area contributed by atoms with Crippen LogP contribution in [0.1, 0.15) is 34.8 Å². The maximum atomic E-state index is 12.1. The zero-order valence-electron chi connectivity index (χ0n) is 11.8. The van der Waals surface area contributed by atoms with Gasteiger partial charge >= 0.3 is 0 Å². The lowest BCUT2D eigenvalue weighted by Crippen LogP contribution is -2.28. The zero-order valence-corrected chi connectivity index (χ0v) is 11.8. The molecule has 0 unspecified atom stereocenters. The molecule has 0 saturated carbocycles. The number of tetrazole rings is 1. The Morgan fingerprint density at radius 3 is 2.67 bits per heavy atom. The zero-order chi connectivity index (χ0) is 15.2. The van der Waals surface area contributed by atoms with Gasteiger partial charge in [-0.1, -0.05) is 26.0 Å². The molecule has 0 atom stereocenters. The molecule has 0 saturated heterocycles. The average molecular weight is 288 g/mol. The summed E-state index contributed by atoms with van der Waals surface area (Å²) in [7, 11) is 0. The van der Waals surface area contributed by atoms with Crippen LogP contribution in [-0.4, -0.2) is 39.0 Å². The van der Waals surface area contributed by atoms with E-state index in [1.165, 1.54) is 0 Å². The Labute approximate surface area is 121 Å². The highest BCUT2D eigenvalue weighted by Crippen LogP contribution is 2.15. The average Bonchev–Trinajstić information content (AvgIpc) is 2.99. The summed E-state index contributed by atoms with van der Waals surface area (Å²) in [5.74, 6) is -0.525. The number of rotatable bonds is 5.